The maximum Gasteiger partial charge on any atom is 0.303 e. The van der Waals surface area contributed by atoms with Gasteiger partial charge in [-0.15, -0.1) is 0 Å². The van der Waals surface area contributed by atoms with Gasteiger partial charge < -0.3 is 14.6 Å². The number of carbonyl (C=O) groups is 1. The zero-order chi connectivity index (χ0) is 22.6. The third kappa shape index (κ3) is 5.42. The van der Waals surface area contributed by atoms with Gasteiger partial charge in [-0.25, -0.2) is 18.2 Å². The van der Waals surface area contributed by atoms with Gasteiger partial charge in [-0.2, -0.15) is 0 Å². The first kappa shape index (κ1) is 22.3. The van der Waals surface area contributed by atoms with E-state index < -0.39 is 30.0 Å². The van der Waals surface area contributed by atoms with Crippen LogP contribution in [0.2, 0.25) is 0 Å². The highest BCUT2D eigenvalue weighted by Gasteiger charge is 2.40. The van der Waals surface area contributed by atoms with E-state index in [9.17, 15) is 18.0 Å². The molecule has 164 valence electrons. The number of aliphatic carboxylic acids is 1. The molecule has 0 spiro atoms. The lowest BCUT2D eigenvalue weighted by Crippen LogP contribution is -2.30. The van der Waals surface area contributed by atoms with Crippen molar-refractivity contribution in [3.05, 3.63) is 59.9 Å². The van der Waals surface area contributed by atoms with Crippen LogP contribution in [0.4, 0.5) is 13.2 Å². The Balaban J connectivity index is 1.80. The first-order valence-corrected chi connectivity index (χ1v) is 9.50. The molecule has 0 aliphatic heterocycles. The van der Waals surface area contributed by atoms with Crippen molar-refractivity contribution >= 4 is 5.97 Å². The van der Waals surface area contributed by atoms with Gasteiger partial charge in [-0.3, -0.25) is 9.78 Å². The van der Waals surface area contributed by atoms with Crippen molar-refractivity contribution in [2.75, 3.05) is 7.11 Å². The van der Waals surface area contributed by atoms with Crippen molar-refractivity contribution < 1.29 is 32.5 Å². The highest BCUT2D eigenvalue weighted by Crippen LogP contribution is 2.39. The molecule has 1 atom stereocenters. The third-order valence-electron chi connectivity index (χ3n) is 4.89. The van der Waals surface area contributed by atoms with Crippen molar-refractivity contribution in [3.8, 4) is 22.9 Å². The standard InChI is InChI=1S/C22H21F3N2O4/c1-13-21(17-9-16(30-2)6-7-18(17)23)27-19(11-26-13)31-12-14-3-4-15(5-8-20(28)29)22(24,25)10-14/h3-4,6-7,9,11-12,15H,5,8,10H2,1-2H3,(H,28,29). The second-order valence-corrected chi connectivity index (χ2v) is 7.13. The lowest BCUT2D eigenvalue weighted by Gasteiger charge is -2.28. The molecule has 0 fully saturated rings. The molecule has 1 aliphatic rings. The second-order valence-electron chi connectivity index (χ2n) is 7.13. The summed E-state index contributed by atoms with van der Waals surface area (Å²) in [7, 11) is 1.46. The second kappa shape index (κ2) is 9.20. The van der Waals surface area contributed by atoms with Gasteiger partial charge in [0.2, 0.25) is 5.88 Å². The molecule has 1 N–H and O–H groups in total. The van der Waals surface area contributed by atoms with Crippen molar-refractivity contribution in [1.82, 2.24) is 9.97 Å². The molecule has 1 heterocycles. The molecule has 1 aromatic carbocycles. The molecule has 1 aromatic heterocycles. The van der Waals surface area contributed by atoms with Gasteiger partial charge in [0.15, 0.2) is 0 Å². The van der Waals surface area contributed by atoms with E-state index in [-0.39, 0.29) is 35.6 Å². The molecule has 0 bridgehead atoms. The summed E-state index contributed by atoms with van der Waals surface area (Å²) < 4.78 is 53.5. The number of nitrogens with zero attached hydrogens (tertiary/aromatic N) is 2. The molecule has 2 aromatic rings. The molecule has 31 heavy (non-hydrogen) atoms. The normalized spacial score (nSPS) is 18.7. The summed E-state index contributed by atoms with van der Waals surface area (Å²) in [6, 6.07) is 4.21. The van der Waals surface area contributed by atoms with Crippen LogP contribution in [0.1, 0.15) is 25.0 Å². The Morgan fingerprint density at radius 1 is 1.39 bits per heavy atom. The van der Waals surface area contributed by atoms with E-state index >= 15 is 0 Å². The Morgan fingerprint density at radius 2 is 2.16 bits per heavy atom. The summed E-state index contributed by atoms with van der Waals surface area (Å²) >= 11 is 0. The maximum atomic E-state index is 14.3. The molecule has 9 heteroatoms. The fourth-order valence-electron chi connectivity index (χ4n) is 3.20. The number of ether oxygens (including phenoxy) is 2. The van der Waals surface area contributed by atoms with Crippen LogP contribution in [0.5, 0.6) is 11.6 Å². The molecule has 0 saturated carbocycles. The largest absolute Gasteiger partial charge is 0.497 e. The van der Waals surface area contributed by atoms with E-state index in [1.807, 2.05) is 0 Å². The van der Waals surface area contributed by atoms with Gasteiger partial charge in [0.05, 0.1) is 31.0 Å². The molecule has 0 radical (unpaired) electrons. The van der Waals surface area contributed by atoms with Crippen LogP contribution in [0.15, 0.2) is 48.4 Å². The number of hydrogen-bond acceptors (Lipinski definition) is 5. The molecular weight excluding hydrogens is 413 g/mol. The highest BCUT2D eigenvalue weighted by molar-refractivity contribution is 5.66. The van der Waals surface area contributed by atoms with Crippen LogP contribution in [0.3, 0.4) is 0 Å². The Kier molecular flexibility index (Phi) is 6.62. The average Bonchev–Trinajstić information content (AvgIpc) is 2.72. The molecule has 3 rings (SSSR count). The molecular formula is C22H21F3N2O4. The zero-order valence-electron chi connectivity index (χ0n) is 16.9. The van der Waals surface area contributed by atoms with E-state index in [1.54, 1.807) is 6.92 Å². The summed E-state index contributed by atoms with van der Waals surface area (Å²) in [5.74, 6) is -5.42. The van der Waals surface area contributed by atoms with Gasteiger partial charge in [-0.05, 0) is 37.1 Å². The number of hydrogen-bond donors (Lipinski definition) is 1. The number of methoxy groups -OCH3 is 1. The van der Waals surface area contributed by atoms with Gasteiger partial charge in [-0.1, -0.05) is 12.2 Å². The smallest absolute Gasteiger partial charge is 0.303 e. The number of carboxylic acids is 1. The molecule has 0 amide bonds. The SMILES string of the molecule is COc1ccc(F)c(-c2nc(OC=C3C=CC(CCC(=O)O)C(F)(F)C3)cnc2C)c1. The first-order valence-electron chi connectivity index (χ1n) is 9.50. The van der Waals surface area contributed by atoms with Crippen LogP contribution < -0.4 is 9.47 Å². The van der Waals surface area contributed by atoms with Gasteiger partial charge in [0.25, 0.3) is 5.92 Å². The van der Waals surface area contributed by atoms with E-state index in [4.69, 9.17) is 14.6 Å². The summed E-state index contributed by atoms with van der Waals surface area (Å²) in [4.78, 5) is 19.1. The summed E-state index contributed by atoms with van der Waals surface area (Å²) in [6.45, 7) is 1.66. The van der Waals surface area contributed by atoms with Crippen LogP contribution in [0, 0.1) is 18.7 Å². The van der Waals surface area contributed by atoms with Crippen molar-refractivity contribution in [2.24, 2.45) is 5.92 Å². The Labute approximate surface area is 177 Å². The topological polar surface area (TPSA) is 81.5 Å². The number of allylic oxidation sites excluding steroid dienone is 3. The zero-order valence-corrected chi connectivity index (χ0v) is 16.9. The minimum Gasteiger partial charge on any atom is -0.497 e. The van der Waals surface area contributed by atoms with Crippen LogP contribution in [0.25, 0.3) is 11.3 Å². The Bertz CT molecular complexity index is 1040. The van der Waals surface area contributed by atoms with Crippen LogP contribution in [-0.2, 0) is 4.79 Å². The summed E-state index contributed by atoms with van der Waals surface area (Å²) in [6.07, 6.45) is 4.16. The molecule has 1 aliphatic carbocycles. The Morgan fingerprint density at radius 3 is 2.84 bits per heavy atom. The Hall–Kier alpha value is -3.36. The number of aryl methyl sites for hydroxylation is 1. The number of rotatable bonds is 7. The lowest BCUT2D eigenvalue weighted by molar-refractivity contribution is -0.137. The van der Waals surface area contributed by atoms with Crippen molar-refractivity contribution in [1.29, 1.82) is 0 Å². The fourth-order valence-corrected chi connectivity index (χ4v) is 3.20. The predicted octanol–water partition coefficient (Wildman–Crippen LogP) is 4.94. The minimum absolute atomic E-state index is 0.0139. The molecule has 6 nitrogen and oxygen atoms in total. The number of alkyl halides is 2. The van der Waals surface area contributed by atoms with E-state index in [0.717, 1.165) is 6.26 Å². The van der Waals surface area contributed by atoms with Gasteiger partial charge in [0.1, 0.15) is 11.6 Å². The quantitative estimate of drug-likeness (QED) is 0.622. The summed E-state index contributed by atoms with van der Waals surface area (Å²) in [5, 5.41) is 8.70. The third-order valence-corrected chi connectivity index (χ3v) is 4.89. The number of halogens is 3. The monoisotopic (exact) mass is 434 g/mol. The first-order chi connectivity index (χ1) is 14.7. The number of carboxylic acid groups (broad SMARTS) is 1. The fraction of sp³-hybridized carbons (Fsp3) is 0.318. The van der Waals surface area contributed by atoms with Crippen molar-refractivity contribution in [3.63, 3.8) is 0 Å². The maximum absolute atomic E-state index is 14.3. The number of benzene rings is 1. The van der Waals surface area contributed by atoms with E-state index in [0.29, 0.717) is 11.4 Å². The molecule has 0 saturated heterocycles. The van der Waals surface area contributed by atoms with Gasteiger partial charge >= 0.3 is 5.97 Å². The summed E-state index contributed by atoms with van der Waals surface area (Å²) in [5.41, 5.74) is 1.09. The van der Waals surface area contributed by atoms with Crippen LogP contribution >= 0.6 is 0 Å². The lowest BCUT2D eigenvalue weighted by atomic mass is 9.86. The van der Waals surface area contributed by atoms with E-state index in [1.165, 1.54) is 43.7 Å². The van der Waals surface area contributed by atoms with E-state index in [2.05, 4.69) is 9.97 Å². The molecule has 1 unspecified atom stereocenters. The minimum atomic E-state index is -3.09. The predicted molar refractivity (Wildman–Crippen MR) is 106 cm³/mol. The highest BCUT2D eigenvalue weighted by atomic mass is 19.3. The van der Waals surface area contributed by atoms with Crippen molar-refractivity contribution in [2.45, 2.75) is 32.1 Å². The van der Waals surface area contributed by atoms with Gasteiger partial charge in [0, 0.05) is 24.3 Å². The number of aromatic nitrogens is 2. The average molecular weight is 434 g/mol. The van der Waals surface area contributed by atoms with Crippen LogP contribution in [-0.4, -0.2) is 34.1 Å².